The Balaban J connectivity index is 1.85. The molecule has 0 aliphatic carbocycles. The molecule has 1 N–H and O–H groups in total. The number of ether oxygens (including phenoxy) is 2. The summed E-state index contributed by atoms with van der Waals surface area (Å²) in [6, 6.07) is 14.7. The van der Waals surface area contributed by atoms with Gasteiger partial charge in [0.25, 0.3) is 0 Å². The minimum atomic E-state index is 0.200. The van der Waals surface area contributed by atoms with E-state index in [4.69, 9.17) is 14.5 Å². The van der Waals surface area contributed by atoms with E-state index < -0.39 is 0 Å². The van der Waals surface area contributed by atoms with Crippen LogP contribution in [0.2, 0.25) is 0 Å². The summed E-state index contributed by atoms with van der Waals surface area (Å²) in [5, 5.41) is 10.9. The molecule has 5 heteroatoms. The molecule has 1 aliphatic rings. The van der Waals surface area contributed by atoms with Gasteiger partial charge in [-0.3, -0.25) is 4.90 Å². The molecule has 0 saturated carbocycles. The number of fused-ring (bicyclic) bond motifs is 1. The molecule has 0 amide bonds. The van der Waals surface area contributed by atoms with Crippen molar-refractivity contribution in [1.29, 1.82) is 0 Å². The maximum atomic E-state index is 9.75. The van der Waals surface area contributed by atoms with Gasteiger partial charge in [0, 0.05) is 23.5 Å². The predicted octanol–water partition coefficient (Wildman–Crippen LogP) is 4.18. The molecule has 0 bridgehead atoms. The van der Waals surface area contributed by atoms with Gasteiger partial charge in [-0.2, -0.15) is 0 Å². The first-order valence-corrected chi connectivity index (χ1v) is 10.1. The van der Waals surface area contributed by atoms with Gasteiger partial charge in [0.15, 0.2) is 11.5 Å². The Morgan fingerprint density at radius 2 is 1.93 bits per heavy atom. The van der Waals surface area contributed by atoms with Crippen molar-refractivity contribution in [2.75, 3.05) is 27.4 Å². The third-order valence-electron chi connectivity index (χ3n) is 5.87. The van der Waals surface area contributed by atoms with E-state index in [1.165, 1.54) is 0 Å². The maximum absolute atomic E-state index is 9.75. The molecule has 29 heavy (non-hydrogen) atoms. The average molecular weight is 392 g/mol. The monoisotopic (exact) mass is 392 g/mol. The zero-order valence-corrected chi connectivity index (χ0v) is 17.3. The van der Waals surface area contributed by atoms with Gasteiger partial charge in [-0.25, -0.2) is 4.98 Å². The van der Waals surface area contributed by atoms with Gasteiger partial charge in [-0.05, 0) is 61.7 Å². The molecule has 3 aromatic rings. The lowest BCUT2D eigenvalue weighted by Crippen LogP contribution is -2.31. The van der Waals surface area contributed by atoms with Crippen LogP contribution in [0.1, 0.15) is 24.0 Å². The Morgan fingerprint density at radius 3 is 2.69 bits per heavy atom. The number of benzene rings is 2. The lowest BCUT2D eigenvalue weighted by Gasteiger charge is -2.24. The SMILES string of the molecule is COc1ccc(-c2nc3c(C)cccc3cc2CN2CCC[C@@H]2CO)cc1OC. The van der Waals surface area contributed by atoms with Crippen LogP contribution in [0, 0.1) is 6.92 Å². The Labute approximate surface area is 171 Å². The number of aliphatic hydroxyl groups excluding tert-OH is 1. The fraction of sp³-hybridized carbons (Fsp3) is 0.375. The smallest absolute Gasteiger partial charge is 0.161 e. The molecule has 1 aliphatic heterocycles. The maximum Gasteiger partial charge on any atom is 0.161 e. The number of aryl methyl sites for hydroxylation is 1. The van der Waals surface area contributed by atoms with E-state index in [1.54, 1.807) is 14.2 Å². The number of para-hydroxylation sites is 1. The van der Waals surface area contributed by atoms with E-state index in [2.05, 4.69) is 36.1 Å². The summed E-state index contributed by atoms with van der Waals surface area (Å²) in [5.41, 5.74) is 5.29. The van der Waals surface area contributed by atoms with Crippen LogP contribution in [0.3, 0.4) is 0 Å². The van der Waals surface area contributed by atoms with Crippen LogP contribution in [-0.2, 0) is 6.54 Å². The quantitative estimate of drug-likeness (QED) is 0.682. The van der Waals surface area contributed by atoms with Crippen LogP contribution in [-0.4, -0.2) is 48.4 Å². The van der Waals surface area contributed by atoms with E-state index in [0.29, 0.717) is 11.5 Å². The highest BCUT2D eigenvalue weighted by Crippen LogP contribution is 2.35. The van der Waals surface area contributed by atoms with Gasteiger partial charge in [-0.15, -0.1) is 0 Å². The second-order valence-electron chi connectivity index (χ2n) is 7.66. The Bertz CT molecular complexity index is 1020. The molecule has 1 aromatic heterocycles. The van der Waals surface area contributed by atoms with Crippen molar-refractivity contribution in [3.05, 3.63) is 53.6 Å². The summed E-state index contributed by atoms with van der Waals surface area (Å²) >= 11 is 0. The Kier molecular flexibility index (Phi) is 5.69. The first-order chi connectivity index (χ1) is 14.1. The van der Waals surface area contributed by atoms with Gasteiger partial charge >= 0.3 is 0 Å². The number of aromatic nitrogens is 1. The van der Waals surface area contributed by atoms with Crippen molar-refractivity contribution >= 4 is 10.9 Å². The number of likely N-dealkylation sites (tertiary alicyclic amines) is 1. The van der Waals surface area contributed by atoms with Crippen molar-refractivity contribution in [1.82, 2.24) is 9.88 Å². The summed E-state index contributed by atoms with van der Waals surface area (Å²) < 4.78 is 10.9. The number of hydrogen-bond acceptors (Lipinski definition) is 5. The molecule has 1 fully saturated rings. The molecule has 152 valence electrons. The van der Waals surface area contributed by atoms with Crippen molar-refractivity contribution in [2.24, 2.45) is 0 Å². The van der Waals surface area contributed by atoms with E-state index in [0.717, 1.165) is 59.2 Å². The van der Waals surface area contributed by atoms with E-state index in [9.17, 15) is 5.11 Å². The minimum absolute atomic E-state index is 0.200. The zero-order valence-electron chi connectivity index (χ0n) is 17.3. The molecule has 0 unspecified atom stereocenters. The highest BCUT2D eigenvalue weighted by Gasteiger charge is 2.25. The van der Waals surface area contributed by atoms with Gasteiger partial charge < -0.3 is 14.6 Å². The Hall–Kier alpha value is -2.63. The predicted molar refractivity (Wildman–Crippen MR) is 116 cm³/mol. The first kappa shape index (κ1) is 19.7. The second-order valence-corrected chi connectivity index (χ2v) is 7.66. The van der Waals surface area contributed by atoms with Crippen LogP contribution in [0.15, 0.2) is 42.5 Å². The van der Waals surface area contributed by atoms with Crippen LogP contribution in [0.5, 0.6) is 11.5 Å². The van der Waals surface area contributed by atoms with Gasteiger partial charge in [0.2, 0.25) is 0 Å². The van der Waals surface area contributed by atoms with E-state index >= 15 is 0 Å². The summed E-state index contributed by atoms with van der Waals surface area (Å²) in [4.78, 5) is 7.45. The second kappa shape index (κ2) is 8.39. The molecule has 0 radical (unpaired) electrons. The fourth-order valence-electron chi connectivity index (χ4n) is 4.27. The highest BCUT2D eigenvalue weighted by atomic mass is 16.5. The normalized spacial score (nSPS) is 17.0. The number of aliphatic hydroxyl groups is 1. The fourth-order valence-corrected chi connectivity index (χ4v) is 4.27. The average Bonchev–Trinajstić information content (AvgIpc) is 3.20. The summed E-state index contributed by atoms with van der Waals surface area (Å²) in [5.74, 6) is 1.40. The van der Waals surface area contributed by atoms with Crippen LogP contribution in [0.25, 0.3) is 22.2 Å². The number of methoxy groups -OCH3 is 2. The van der Waals surface area contributed by atoms with E-state index in [-0.39, 0.29) is 12.6 Å². The molecule has 2 heterocycles. The topological polar surface area (TPSA) is 54.8 Å². The number of rotatable bonds is 6. The van der Waals surface area contributed by atoms with Crippen molar-refractivity contribution in [3.63, 3.8) is 0 Å². The zero-order chi connectivity index (χ0) is 20.4. The number of nitrogens with zero attached hydrogens (tertiary/aromatic N) is 2. The van der Waals surface area contributed by atoms with Crippen LogP contribution >= 0.6 is 0 Å². The molecule has 4 rings (SSSR count). The first-order valence-electron chi connectivity index (χ1n) is 10.1. The Morgan fingerprint density at radius 1 is 1.10 bits per heavy atom. The third-order valence-corrected chi connectivity index (χ3v) is 5.87. The molecule has 1 atom stereocenters. The lowest BCUT2D eigenvalue weighted by molar-refractivity contribution is 0.153. The van der Waals surface area contributed by atoms with E-state index in [1.807, 2.05) is 18.2 Å². The number of hydrogen-bond donors (Lipinski definition) is 1. The lowest BCUT2D eigenvalue weighted by atomic mass is 10.0. The van der Waals surface area contributed by atoms with Crippen LogP contribution < -0.4 is 9.47 Å². The molecular formula is C24H28N2O3. The van der Waals surface area contributed by atoms with Crippen molar-refractivity contribution in [2.45, 2.75) is 32.4 Å². The standard InChI is InChI=1S/C24H28N2O3/c1-16-6-4-7-17-12-19(14-26-11-5-8-20(26)15-27)24(25-23(16)17)18-9-10-21(28-2)22(13-18)29-3/h4,6-7,9-10,12-13,20,27H,5,8,11,14-15H2,1-3H3/t20-/m1/s1. The molecule has 5 nitrogen and oxygen atoms in total. The van der Waals surface area contributed by atoms with Gasteiger partial charge in [0.05, 0.1) is 32.0 Å². The highest BCUT2D eigenvalue weighted by molar-refractivity contribution is 5.86. The van der Waals surface area contributed by atoms with Crippen molar-refractivity contribution in [3.8, 4) is 22.8 Å². The molecule has 0 spiro atoms. The van der Waals surface area contributed by atoms with Gasteiger partial charge in [0.1, 0.15) is 0 Å². The largest absolute Gasteiger partial charge is 0.493 e. The van der Waals surface area contributed by atoms with Crippen LogP contribution in [0.4, 0.5) is 0 Å². The third kappa shape index (κ3) is 3.80. The van der Waals surface area contributed by atoms with Gasteiger partial charge in [-0.1, -0.05) is 18.2 Å². The summed E-state index contributed by atoms with van der Waals surface area (Å²) in [6.07, 6.45) is 2.17. The minimum Gasteiger partial charge on any atom is -0.493 e. The molecular weight excluding hydrogens is 364 g/mol. The summed E-state index contributed by atoms with van der Waals surface area (Å²) in [6.45, 7) is 4.07. The summed E-state index contributed by atoms with van der Waals surface area (Å²) in [7, 11) is 3.29. The van der Waals surface area contributed by atoms with Crippen molar-refractivity contribution < 1.29 is 14.6 Å². The number of pyridine rings is 1. The molecule has 2 aromatic carbocycles. The molecule has 1 saturated heterocycles.